The Morgan fingerprint density at radius 2 is 1.95 bits per heavy atom. The van der Waals surface area contributed by atoms with Crippen LogP contribution in [0, 0.1) is 0 Å². The molecule has 2 fully saturated rings. The molecule has 20 heavy (non-hydrogen) atoms. The number of aliphatic carboxylic acids is 1. The Balaban J connectivity index is 0.000000644. The van der Waals surface area contributed by atoms with Gasteiger partial charge in [-0.2, -0.15) is 0 Å². The number of carbonyl (C=O) groups excluding carboxylic acids is 2. The second-order valence-electron chi connectivity index (χ2n) is 4.44. The minimum Gasteiger partial charge on any atom is -0.652 e. The number of thioether (sulfide) groups is 1. The van der Waals surface area contributed by atoms with E-state index in [9.17, 15) is 14.7 Å². The topological polar surface area (TPSA) is 133 Å². The first kappa shape index (κ1) is 19.5. The van der Waals surface area contributed by atoms with E-state index in [1.54, 1.807) is 13.8 Å². The zero-order valence-corrected chi connectivity index (χ0v) is 14.0. The summed E-state index contributed by atoms with van der Waals surface area (Å²) in [5.41, 5.74) is -1.50. The number of fused-ring (bicyclic) bond motifs is 1. The number of hydrogen-bond donors (Lipinski definition) is 1. The summed E-state index contributed by atoms with van der Waals surface area (Å²) in [6.07, 6.45) is -1.93. The van der Waals surface area contributed by atoms with Crippen molar-refractivity contribution in [1.29, 1.82) is 0 Å². The fourth-order valence-electron chi connectivity index (χ4n) is 2.28. The summed E-state index contributed by atoms with van der Waals surface area (Å²) in [6, 6.07) is 0. The minimum atomic E-state index is -2.33. The molecule has 2 rings (SSSR count). The summed E-state index contributed by atoms with van der Waals surface area (Å²) in [5.74, 6) is -1.27. The molecule has 0 saturated carbocycles. The van der Waals surface area contributed by atoms with E-state index >= 15 is 0 Å². The maximum atomic E-state index is 11.4. The molecule has 2 heterocycles. The number of aliphatic imine (C=N–C) groups is 1. The van der Waals surface area contributed by atoms with Crippen molar-refractivity contribution in [2.24, 2.45) is 4.99 Å². The molecule has 2 atom stereocenters. The molecule has 1 N–H and O–H groups in total. The van der Waals surface area contributed by atoms with Gasteiger partial charge in [0, 0.05) is 0 Å². The van der Waals surface area contributed by atoms with Gasteiger partial charge < -0.3 is 20.1 Å². The van der Waals surface area contributed by atoms with Crippen LogP contribution in [0.5, 0.6) is 0 Å². The fourth-order valence-corrected chi connectivity index (χ4v) is 3.97. The summed E-state index contributed by atoms with van der Waals surface area (Å²) in [5, 5.41) is 25.9. The summed E-state index contributed by atoms with van der Waals surface area (Å²) in [6.45, 7) is 6.91. The smallest absolute Gasteiger partial charge is 0.652 e. The van der Waals surface area contributed by atoms with Gasteiger partial charge >= 0.3 is 43.7 Å². The van der Waals surface area contributed by atoms with Crippen molar-refractivity contribution in [2.45, 2.75) is 36.1 Å². The van der Waals surface area contributed by atoms with Gasteiger partial charge in [-0.15, -0.1) is 11.8 Å². The number of carboxylic acids is 1. The molecule has 8 nitrogen and oxygen atoms in total. The van der Waals surface area contributed by atoms with Crippen LogP contribution in [0.1, 0.15) is 20.3 Å². The van der Waals surface area contributed by atoms with Crippen LogP contribution in [-0.4, -0.2) is 88.3 Å². The largest absolute Gasteiger partial charge is 2.00 e. The average Bonchev–Trinajstić information content (AvgIpc) is 2.41. The molecular weight excluding hydrogens is 316 g/mol. The van der Waals surface area contributed by atoms with Crippen LogP contribution in [0.4, 0.5) is 4.79 Å². The molecule has 0 unspecified atom stereocenters. The van der Waals surface area contributed by atoms with E-state index in [0.29, 0.717) is 6.42 Å². The van der Waals surface area contributed by atoms with Crippen molar-refractivity contribution in [3.8, 4) is 0 Å². The van der Waals surface area contributed by atoms with Gasteiger partial charge in [0.25, 0.3) is 0 Å². The van der Waals surface area contributed by atoms with Crippen molar-refractivity contribution in [2.75, 3.05) is 0 Å². The first-order valence-electron chi connectivity index (χ1n) is 5.19. The second kappa shape index (κ2) is 6.50. The van der Waals surface area contributed by atoms with Gasteiger partial charge in [-0.25, -0.2) is 4.79 Å². The normalized spacial score (nSPS) is 29.0. The Bertz CT molecular complexity index is 453. The third-order valence-corrected chi connectivity index (χ3v) is 4.58. The number of amides is 1. The molecule has 2 saturated heterocycles. The number of hydrogen-bond acceptors (Lipinski definition) is 7. The van der Waals surface area contributed by atoms with Crippen molar-refractivity contribution >= 4 is 74.2 Å². The van der Waals surface area contributed by atoms with Gasteiger partial charge in [0.1, 0.15) is 0 Å². The number of carbonyl (C=O) groups is 3. The van der Waals surface area contributed by atoms with Gasteiger partial charge in [-0.3, -0.25) is 14.7 Å². The van der Waals surface area contributed by atoms with E-state index in [1.807, 2.05) is 0 Å². The van der Waals surface area contributed by atoms with E-state index < -0.39 is 22.5 Å². The Morgan fingerprint density at radius 3 is 2.20 bits per heavy atom. The Kier molecular flexibility index (Phi) is 6.34. The van der Waals surface area contributed by atoms with Crippen LogP contribution in [0.15, 0.2) is 4.99 Å². The Morgan fingerprint density at radius 1 is 1.50 bits per heavy atom. The molecule has 0 spiro atoms. The molecule has 2 aliphatic heterocycles. The summed E-state index contributed by atoms with van der Waals surface area (Å²) >= 11 is 1.47. The maximum absolute atomic E-state index is 11.4. The quantitative estimate of drug-likeness (QED) is 0.343. The number of carboxylic acid groups (broad SMARTS) is 3. The number of β-lactam (4-membered cyclic amide) rings is 1. The second-order valence-corrected chi connectivity index (χ2v) is 6.24. The molecule has 0 aromatic heterocycles. The molecule has 0 aliphatic carbocycles. The van der Waals surface area contributed by atoms with Gasteiger partial charge in [0.15, 0.2) is 0 Å². The van der Waals surface area contributed by atoms with Crippen molar-refractivity contribution in [1.82, 2.24) is 4.90 Å². The first-order valence-corrected chi connectivity index (χ1v) is 6.07. The number of rotatable bonds is 2. The minimum absolute atomic E-state index is 0. The first-order chi connectivity index (χ1) is 8.60. The molecule has 2 aliphatic rings. The van der Waals surface area contributed by atoms with Gasteiger partial charge in [-0.05, 0) is 26.7 Å². The summed E-state index contributed by atoms with van der Waals surface area (Å²) in [4.78, 5) is 36.2. The molecule has 0 aromatic carbocycles. The number of nitrogens with zero attached hydrogens (tertiary/aromatic N) is 2. The summed E-state index contributed by atoms with van der Waals surface area (Å²) < 4.78 is -0.641. The zero-order chi connectivity index (χ0) is 15.0. The monoisotopic (exact) mass is 328 g/mol. The van der Waals surface area contributed by atoms with Crippen LogP contribution in [-0.2, 0) is 9.59 Å². The predicted molar refractivity (Wildman–Crippen MR) is 68.0 cm³/mol. The van der Waals surface area contributed by atoms with Crippen LogP contribution in [0.25, 0.3) is 0 Å². The maximum Gasteiger partial charge on any atom is 2.00 e. The molecule has 1 amide bonds. The standard InChI is InChI=1S/C9H12N2O3S.CH2O3.Ca/c1-8(2)9(10-3,7(13)14)11-5(12)4-6(11)15-8;2-1(3)4;/h6H,3-4H2,1-2H3,(H,13,14);(H2,2,3,4);/q;;+2/p-2/t6-,9+;;/m1../s1. The van der Waals surface area contributed by atoms with Gasteiger partial charge in [-0.1, -0.05) is 0 Å². The fraction of sp³-hybridized carbons (Fsp3) is 0.600. The van der Waals surface area contributed by atoms with Gasteiger partial charge in [0.2, 0.25) is 11.6 Å². The average molecular weight is 328 g/mol. The Labute approximate surface area is 149 Å². The molecule has 0 bridgehead atoms. The van der Waals surface area contributed by atoms with Crippen LogP contribution >= 0.6 is 11.8 Å². The third-order valence-electron chi connectivity index (χ3n) is 3.05. The SMILES string of the molecule is C=N[C@@]1(C(=O)O)N2C(=O)C[C@H]2SC1(C)C.O=C([O-])[O-].[Ca+2]. The predicted octanol–water partition coefficient (Wildman–Crippen LogP) is -2.28. The molecule has 10 heteroatoms. The summed E-state index contributed by atoms with van der Waals surface area (Å²) in [7, 11) is 0. The van der Waals surface area contributed by atoms with E-state index in [2.05, 4.69) is 11.7 Å². The van der Waals surface area contributed by atoms with Gasteiger partial charge in [0.05, 0.1) is 16.5 Å². The molecule has 0 radical (unpaired) electrons. The Hall–Kier alpha value is -0.510. The van der Waals surface area contributed by atoms with Crippen LogP contribution in [0.2, 0.25) is 0 Å². The van der Waals surface area contributed by atoms with Crippen LogP contribution in [0.3, 0.4) is 0 Å². The molecule has 106 valence electrons. The van der Waals surface area contributed by atoms with Crippen molar-refractivity contribution in [3.63, 3.8) is 0 Å². The molecular formula is C10H12CaN2O6S. The third kappa shape index (κ3) is 2.90. The zero-order valence-electron chi connectivity index (χ0n) is 11.0. The van der Waals surface area contributed by atoms with Crippen molar-refractivity contribution in [3.05, 3.63) is 0 Å². The molecule has 0 aromatic rings. The van der Waals surface area contributed by atoms with Crippen LogP contribution < -0.4 is 10.2 Å². The van der Waals surface area contributed by atoms with E-state index in [0.717, 1.165) is 0 Å². The van der Waals surface area contributed by atoms with E-state index in [4.69, 9.17) is 15.0 Å². The van der Waals surface area contributed by atoms with E-state index in [-0.39, 0.29) is 49.0 Å². The van der Waals surface area contributed by atoms with E-state index in [1.165, 1.54) is 16.7 Å². The van der Waals surface area contributed by atoms with Crippen molar-refractivity contribution < 1.29 is 29.7 Å².